The molecule has 13 heteroatoms. The minimum Gasteiger partial charge on any atom is -0.494 e. The number of halogens is 1. The number of aryl methyl sites for hydroxylation is 1. The Kier molecular flexibility index (Phi) is 6.66. The molecule has 0 radical (unpaired) electrons. The highest BCUT2D eigenvalue weighted by Crippen LogP contribution is 2.45. The molecule has 2 N–H and O–H groups in total. The Balaban J connectivity index is 1.42. The van der Waals surface area contributed by atoms with Gasteiger partial charge in [-0.1, -0.05) is 23.7 Å². The lowest BCUT2D eigenvalue weighted by molar-refractivity contribution is 0.0416. The van der Waals surface area contributed by atoms with E-state index < -0.39 is 15.9 Å². The molecule has 0 bridgehead atoms. The van der Waals surface area contributed by atoms with Crippen molar-refractivity contribution in [2.24, 2.45) is 0 Å². The highest BCUT2D eigenvalue weighted by molar-refractivity contribution is 7.90. The number of rotatable bonds is 4. The molecule has 1 aromatic carbocycles. The fraction of sp³-hybridized carbons (Fsp3) is 0.308. The number of hydrogen-bond donors (Lipinski definition) is 2. The number of sulfone groups is 1. The monoisotopic (exact) mass is 589 g/mol. The summed E-state index contributed by atoms with van der Waals surface area (Å²) in [6.45, 7) is 1.88. The van der Waals surface area contributed by atoms with Gasteiger partial charge in [0, 0.05) is 41.0 Å². The van der Waals surface area contributed by atoms with Gasteiger partial charge in [-0.2, -0.15) is 0 Å². The van der Waals surface area contributed by atoms with E-state index >= 15 is 0 Å². The van der Waals surface area contributed by atoms with Crippen molar-refractivity contribution in [1.82, 2.24) is 14.5 Å². The Hall–Kier alpha value is -3.32. The lowest BCUT2D eigenvalue weighted by Gasteiger charge is -2.25. The van der Waals surface area contributed by atoms with Crippen molar-refractivity contribution in [1.29, 1.82) is 0 Å². The second kappa shape index (κ2) is 10.0. The average Bonchev–Trinajstić information content (AvgIpc) is 3.43. The molecular weight excluding hydrogens is 566 g/mol. The van der Waals surface area contributed by atoms with Gasteiger partial charge in [0.2, 0.25) is 0 Å². The van der Waals surface area contributed by atoms with Gasteiger partial charge in [0.25, 0.3) is 0 Å². The van der Waals surface area contributed by atoms with E-state index in [9.17, 15) is 23.4 Å². The van der Waals surface area contributed by atoms with Crippen molar-refractivity contribution >= 4 is 49.1 Å². The van der Waals surface area contributed by atoms with Gasteiger partial charge in [0.15, 0.2) is 21.6 Å². The molecule has 1 saturated heterocycles. The fourth-order valence-electron chi connectivity index (χ4n) is 4.91. The maximum Gasteiger partial charge on any atom is 0.415 e. The van der Waals surface area contributed by atoms with Gasteiger partial charge in [0.1, 0.15) is 10.6 Å². The lowest BCUT2D eigenvalue weighted by atomic mass is 9.97. The maximum absolute atomic E-state index is 12.5. The topological polar surface area (TPSA) is 131 Å². The zero-order valence-corrected chi connectivity index (χ0v) is 23.0. The maximum atomic E-state index is 12.5. The first kappa shape index (κ1) is 25.9. The van der Waals surface area contributed by atoms with Gasteiger partial charge < -0.3 is 24.6 Å². The second-order valence-corrected chi connectivity index (χ2v) is 13.0. The predicted octanol–water partition coefficient (Wildman–Crippen LogP) is 4.18. The molecule has 5 heterocycles. The van der Waals surface area contributed by atoms with Crippen molar-refractivity contribution in [3.63, 3.8) is 0 Å². The molecule has 4 aromatic rings. The van der Waals surface area contributed by atoms with E-state index in [0.29, 0.717) is 59.6 Å². The smallest absolute Gasteiger partial charge is 0.415 e. The molecule has 39 heavy (non-hydrogen) atoms. The Bertz CT molecular complexity index is 1670. The Morgan fingerprint density at radius 2 is 1.79 bits per heavy atom. The molecule has 3 aromatic heterocycles. The lowest BCUT2D eigenvalue weighted by Crippen LogP contribution is -2.42. The van der Waals surface area contributed by atoms with Crippen LogP contribution in [-0.4, -0.2) is 71.2 Å². The first-order chi connectivity index (χ1) is 18.7. The number of pyridine rings is 1. The van der Waals surface area contributed by atoms with Crippen molar-refractivity contribution in [3.8, 4) is 28.6 Å². The van der Waals surface area contributed by atoms with Crippen LogP contribution in [0, 0.1) is 0 Å². The molecule has 6 rings (SSSR count). The molecule has 0 atom stereocenters. The summed E-state index contributed by atoms with van der Waals surface area (Å²) in [5, 5.41) is 21.5. The van der Waals surface area contributed by atoms with E-state index in [1.165, 1.54) is 28.0 Å². The third-order valence-corrected chi connectivity index (χ3v) is 10.2. The molecule has 2 aliphatic rings. The summed E-state index contributed by atoms with van der Waals surface area (Å²) in [5.41, 5.74) is 2.72. The third kappa shape index (κ3) is 4.93. The van der Waals surface area contributed by atoms with Gasteiger partial charge in [-0.3, -0.25) is 4.57 Å². The first-order valence-electron chi connectivity index (χ1n) is 12.3. The van der Waals surface area contributed by atoms with Crippen molar-refractivity contribution < 1.29 is 32.9 Å². The second-order valence-electron chi connectivity index (χ2n) is 9.40. The van der Waals surface area contributed by atoms with Crippen LogP contribution in [0.15, 0.2) is 36.4 Å². The SMILES string of the molecule is O=C(Oc1ccc(-c2c(Cl)c(Cn3c(O)ccc3O)nc3sc4c(c23)CCS(=O)(=O)C4)cc1)N1CCOCC1. The van der Waals surface area contributed by atoms with E-state index in [2.05, 4.69) is 0 Å². The van der Waals surface area contributed by atoms with E-state index in [0.717, 1.165) is 21.4 Å². The third-order valence-electron chi connectivity index (χ3n) is 6.91. The largest absolute Gasteiger partial charge is 0.494 e. The van der Waals surface area contributed by atoms with Crippen molar-refractivity contribution in [2.75, 3.05) is 32.1 Å². The number of hydrogen-bond acceptors (Lipinski definition) is 9. The van der Waals surface area contributed by atoms with Crippen molar-refractivity contribution in [2.45, 2.75) is 18.7 Å². The van der Waals surface area contributed by atoms with Gasteiger partial charge >= 0.3 is 6.09 Å². The number of thiophene rings is 1. The minimum atomic E-state index is -3.20. The van der Waals surface area contributed by atoms with Crippen LogP contribution in [0.4, 0.5) is 4.79 Å². The quantitative estimate of drug-likeness (QED) is 0.362. The molecule has 1 amide bonds. The molecule has 10 nitrogen and oxygen atoms in total. The summed E-state index contributed by atoms with van der Waals surface area (Å²) in [5.74, 6) is 0.0833. The van der Waals surface area contributed by atoms with Crippen molar-refractivity contribution in [3.05, 3.63) is 57.6 Å². The Morgan fingerprint density at radius 3 is 2.49 bits per heavy atom. The van der Waals surface area contributed by atoms with E-state index in [4.69, 9.17) is 26.1 Å². The number of benzene rings is 1. The van der Waals surface area contributed by atoms with Gasteiger partial charge in [-0.15, -0.1) is 11.3 Å². The number of carbonyl (C=O) groups is 1. The van der Waals surface area contributed by atoms with Crippen LogP contribution < -0.4 is 4.74 Å². The van der Waals surface area contributed by atoms with E-state index in [-0.39, 0.29) is 29.8 Å². The average molecular weight is 590 g/mol. The molecule has 204 valence electrons. The minimum absolute atomic E-state index is 0.00253. The normalized spacial score (nSPS) is 16.8. The summed E-state index contributed by atoms with van der Waals surface area (Å²) in [6.07, 6.45) is -0.0895. The first-order valence-corrected chi connectivity index (χ1v) is 15.3. The number of nitrogens with zero attached hydrogens (tertiary/aromatic N) is 3. The number of morpholine rings is 1. The molecule has 2 aliphatic heterocycles. The highest BCUT2D eigenvalue weighted by atomic mass is 35.5. The predicted molar refractivity (Wildman–Crippen MR) is 147 cm³/mol. The summed E-state index contributed by atoms with van der Waals surface area (Å²) in [4.78, 5) is 20.2. The number of aromatic nitrogens is 2. The van der Waals surface area contributed by atoms with Crippen LogP contribution in [0.2, 0.25) is 5.02 Å². The Labute approximate surface area is 232 Å². The number of carbonyl (C=O) groups excluding carboxylic acids is 1. The standard InChI is InChI=1S/C26H24ClN3O7S2/c27-24-18(13-30-20(31)5-6-21(30)32)28-25-23(17-7-12-39(34,35)14-19(17)38-25)22(24)15-1-3-16(4-2-15)37-26(33)29-8-10-36-11-9-29/h1-6,31-32H,7-14H2. The number of amides is 1. The van der Waals surface area contributed by atoms with E-state index in [1.807, 2.05) is 0 Å². The van der Waals surface area contributed by atoms with Crippen LogP contribution in [-0.2, 0) is 33.3 Å². The molecule has 0 aliphatic carbocycles. The number of ether oxygens (including phenoxy) is 2. The summed E-state index contributed by atoms with van der Waals surface area (Å²) < 4.78 is 36.8. The fourth-order valence-corrected chi connectivity index (χ4v) is 8.26. The Morgan fingerprint density at radius 1 is 1.10 bits per heavy atom. The van der Waals surface area contributed by atoms with Crippen LogP contribution >= 0.6 is 22.9 Å². The zero-order chi connectivity index (χ0) is 27.3. The summed E-state index contributed by atoms with van der Waals surface area (Å²) >= 11 is 8.28. The van der Waals surface area contributed by atoms with E-state index in [1.54, 1.807) is 29.2 Å². The highest BCUT2D eigenvalue weighted by Gasteiger charge is 2.29. The van der Waals surface area contributed by atoms with Crippen LogP contribution in [0.25, 0.3) is 21.3 Å². The summed E-state index contributed by atoms with van der Waals surface area (Å²) in [6, 6.07) is 9.69. The van der Waals surface area contributed by atoms with Crippen LogP contribution in [0.5, 0.6) is 17.5 Å². The number of aromatic hydroxyl groups is 2. The van der Waals surface area contributed by atoms with Gasteiger partial charge in [-0.05, 0) is 29.7 Å². The molecule has 0 saturated carbocycles. The van der Waals surface area contributed by atoms with Gasteiger partial charge in [-0.25, -0.2) is 18.2 Å². The summed E-state index contributed by atoms with van der Waals surface area (Å²) in [7, 11) is -3.20. The molecule has 0 unspecified atom stereocenters. The molecule has 0 spiro atoms. The number of fused-ring (bicyclic) bond motifs is 3. The van der Waals surface area contributed by atoms with Crippen LogP contribution in [0.3, 0.4) is 0 Å². The zero-order valence-electron chi connectivity index (χ0n) is 20.6. The molecule has 1 fully saturated rings. The molecular formula is C26H24ClN3O7S2. The van der Waals surface area contributed by atoms with Crippen LogP contribution in [0.1, 0.15) is 16.1 Å². The van der Waals surface area contributed by atoms with Gasteiger partial charge in [0.05, 0.1) is 42.0 Å².